The van der Waals surface area contributed by atoms with E-state index in [2.05, 4.69) is 0 Å². The summed E-state index contributed by atoms with van der Waals surface area (Å²) in [7, 11) is 0. The highest BCUT2D eigenvalue weighted by Crippen LogP contribution is 2.45. The maximum Gasteiger partial charge on any atom is 0.416 e. The number of ether oxygens (including phenoxy) is 1. The third-order valence-electron chi connectivity index (χ3n) is 7.16. The van der Waals surface area contributed by atoms with E-state index in [0.717, 1.165) is 34.9 Å². The van der Waals surface area contributed by atoms with Crippen LogP contribution in [0.15, 0.2) is 76.6 Å². The quantitative estimate of drug-likeness (QED) is 0.214. The number of aromatic nitrogens is 1. The lowest BCUT2D eigenvalue weighted by Gasteiger charge is -2.35. The summed E-state index contributed by atoms with van der Waals surface area (Å²) in [5.41, 5.74) is 0.425. The van der Waals surface area contributed by atoms with Crippen molar-refractivity contribution in [3.05, 3.63) is 93.8 Å². The number of hydrogen-bond donors (Lipinski definition) is 1. The number of fused-ring (bicyclic) bond motifs is 2. The van der Waals surface area contributed by atoms with Crippen LogP contribution < -0.4 is 10.3 Å². The molecule has 42 heavy (non-hydrogen) atoms. The Morgan fingerprint density at radius 2 is 1.81 bits per heavy atom. The van der Waals surface area contributed by atoms with Gasteiger partial charge in [-0.3, -0.25) is 9.36 Å². The molecule has 220 valence electrons. The first-order valence-corrected chi connectivity index (χ1v) is 14.5. The van der Waals surface area contributed by atoms with Gasteiger partial charge in [0.2, 0.25) is 0 Å². The highest BCUT2D eigenvalue weighted by molar-refractivity contribution is 7.97. The van der Waals surface area contributed by atoms with Crippen LogP contribution in [0.1, 0.15) is 49.9 Å². The Morgan fingerprint density at radius 3 is 2.50 bits per heavy atom. The molecule has 0 saturated carbocycles. The molecular weight excluding hydrogens is 565 g/mol. The van der Waals surface area contributed by atoms with E-state index >= 15 is 0 Å². The molecule has 0 amide bonds. The number of carbonyl (C=O) groups is 1. The van der Waals surface area contributed by atoms with Crippen molar-refractivity contribution in [1.29, 1.82) is 0 Å². The zero-order valence-electron chi connectivity index (χ0n) is 23.4. The molecule has 1 aliphatic rings. The van der Waals surface area contributed by atoms with Gasteiger partial charge in [-0.1, -0.05) is 61.5 Å². The van der Waals surface area contributed by atoms with Gasteiger partial charge in [-0.15, -0.1) is 0 Å². The minimum absolute atomic E-state index is 0.0510. The number of benzene rings is 3. The fraction of sp³-hybridized carbons (Fsp3) is 0.312. The molecule has 0 fully saturated rings. The second-order valence-electron chi connectivity index (χ2n) is 10.6. The molecule has 0 bridgehead atoms. The van der Waals surface area contributed by atoms with E-state index in [-0.39, 0.29) is 29.3 Å². The van der Waals surface area contributed by atoms with Gasteiger partial charge < -0.3 is 9.84 Å². The molecule has 0 saturated heterocycles. The molecule has 3 aromatic carbocycles. The van der Waals surface area contributed by atoms with Gasteiger partial charge in [-0.05, 0) is 66.2 Å². The van der Waals surface area contributed by atoms with Crippen LogP contribution in [0, 0.1) is 0 Å². The van der Waals surface area contributed by atoms with Gasteiger partial charge >= 0.3 is 12.1 Å². The highest BCUT2D eigenvalue weighted by atomic mass is 32.2. The van der Waals surface area contributed by atoms with Crippen molar-refractivity contribution in [3.8, 4) is 16.9 Å². The number of carboxylic acids is 1. The van der Waals surface area contributed by atoms with Crippen LogP contribution in [-0.2, 0) is 17.4 Å². The van der Waals surface area contributed by atoms with Crippen molar-refractivity contribution in [1.82, 2.24) is 8.87 Å². The van der Waals surface area contributed by atoms with Gasteiger partial charge in [0.05, 0.1) is 11.7 Å². The summed E-state index contributed by atoms with van der Waals surface area (Å²) in [6.45, 7) is 6.06. The summed E-state index contributed by atoms with van der Waals surface area (Å²) in [5, 5.41) is 12.4. The molecule has 1 aliphatic heterocycles. The molecule has 4 aromatic rings. The number of nitrogens with zero attached hydrogens (tertiary/aromatic N) is 2. The third kappa shape index (κ3) is 5.78. The van der Waals surface area contributed by atoms with Gasteiger partial charge in [0.1, 0.15) is 11.1 Å². The lowest BCUT2D eigenvalue weighted by molar-refractivity contribution is -0.141. The van der Waals surface area contributed by atoms with Crippen molar-refractivity contribution in [2.24, 2.45) is 0 Å². The predicted molar refractivity (Wildman–Crippen MR) is 158 cm³/mol. The lowest BCUT2D eigenvalue weighted by Crippen LogP contribution is -2.43. The summed E-state index contributed by atoms with van der Waals surface area (Å²) in [4.78, 5) is 26.7. The number of carboxylic acid groups (broad SMARTS) is 1. The first-order valence-electron chi connectivity index (χ1n) is 13.8. The average Bonchev–Trinajstić information content (AvgIpc) is 2.94. The van der Waals surface area contributed by atoms with Crippen LogP contribution in [0.2, 0.25) is 0 Å². The van der Waals surface area contributed by atoms with Gasteiger partial charge in [0.25, 0.3) is 5.56 Å². The fourth-order valence-electron chi connectivity index (χ4n) is 5.39. The SMILES string of the molecule is CCCN1CC(C(=O)O)n2c(c(-c3cccc(C(F)(F)F)c3)c(Cc3cccc4ccccc34)c(OC(C)C)c2=O)S1. The number of aliphatic carboxylic acids is 1. The molecule has 6 nitrogen and oxygen atoms in total. The molecule has 1 atom stereocenters. The van der Waals surface area contributed by atoms with E-state index in [0.29, 0.717) is 17.7 Å². The Labute approximate surface area is 245 Å². The van der Waals surface area contributed by atoms with Gasteiger partial charge in [0, 0.05) is 30.6 Å². The Kier molecular flexibility index (Phi) is 8.39. The van der Waals surface area contributed by atoms with E-state index in [1.165, 1.54) is 22.6 Å². The summed E-state index contributed by atoms with van der Waals surface area (Å²) in [6, 6.07) is 17.2. The van der Waals surface area contributed by atoms with Crippen molar-refractivity contribution in [2.75, 3.05) is 13.1 Å². The number of alkyl halides is 3. The van der Waals surface area contributed by atoms with Crippen LogP contribution in [0.3, 0.4) is 0 Å². The van der Waals surface area contributed by atoms with E-state index < -0.39 is 35.4 Å². The molecule has 10 heteroatoms. The Balaban J connectivity index is 1.89. The zero-order valence-corrected chi connectivity index (χ0v) is 24.3. The predicted octanol–water partition coefficient (Wildman–Crippen LogP) is 7.42. The van der Waals surface area contributed by atoms with Crippen molar-refractivity contribution in [3.63, 3.8) is 0 Å². The Morgan fingerprint density at radius 1 is 1.10 bits per heavy atom. The van der Waals surface area contributed by atoms with E-state index in [1.54, 1.807) is 19.9 Å². The minimum Gasteiger partial charge on any atom is -0.485 e. The standard InChI is InChI=1S/C32H31F3N2O4S/c1-4-15-36-18-26(31(39)40)37-29(38)28(41-19(2)3)25(17-21-11-7-10-20-9-5-6-14-24(20)21)27(30(37)42-36)22-12-8-13-23(16-22)32(33,34)35/h5-14,16,19,26H,4,15,17-18H2,1-3H3,(H,39,40). The van der Waals surface area contributed by atoms with Crippen LogP contribution in [0.4, 0.5) is 13.2 Å². The molecule has 1 N–H and O–H groups in total. The molecule has 1 unspecified atom stereocenters. The molecule has 0 aliphatic carbocycles. The van der Waals surface area contributed by atoms with E-state index in [9.17, 15) is 27.9 Å². The van der Waals surface area contributed by atoms with Crippen molar-refractivity contribution < 1.29 is 27.8 Å². The molecule has 0 spiro atoms. The summed E-state index contributed by atoms with van der Waals surface area (Å²) in [6.07, 6.45) is -4.14. The van der Waals surface area contributed by atoms with Crippen LogP contribution in [-0.4, -0.2) is 39.1 Å². The van der Waals surface area contributed by atoms with E-state index in [1.807, 2.05) is 53.7 Å². The fourth-order valence-corrected chi connectivity index (χ4v) is 6.75. The minimum atomic E-state index is -4.60. The Hall–Kier alpha value is -3.76. The van der Waals surface area contributed by atoms with Crippen molar-refractivity contribution in [2.45, 2.75) is 57.0 Å². The highest BCUT2D eigenvalue weighted by Gasteiger charge is 2.38. The maximum absolute atomic E-state index is 14.2. The van der Waals surface area contributed by atoms with Gasteiger partial charge in [-0.25, -0.2) is 9.10 Å². The van der Waals surface area contributed by atoms with Gasteiger partial charge in [-0.2, -0.15) is 13.2 Å². The van der Waals surface area contributed by atoms with E-state index in [4.69, 9.17) is 4.74 Å². The molecule has 2 heterocycles. The van der Waals surface area contributed by atoms with Crippen molar-refractivity contribution >= 4 is 28.7 Å². The van der Waals surface area contributed by atoms with Crippen LogP contribution >= 0.6 is 11.9 Å². The van der Waals surface area contributed by atoms with Gasteiger partial charge in [0.15, 0.2) is 5.75 Å². The first kappa shape index (κ1) is 29.7. The number of rotatable bonds is 8. The third-order valence-corrected chi connectivity index (χ3v) is 8.33. The second kappa shape index (κ2) is 11.9. The summed E-state index contributed by atoms with van der Waals surface area (Å²) >= 11 is 1.20. The Bertz CT molecular complexity index is 1690. The lowest BCUT2D eigenvalue weighted by atomic mass is 9.92. The molecular formula is C32H31F3N2O4S. The molecule has 1 aromatic heterocycles. The zero-order chi connectivity index (χ0) is 30.2. The summed E-state index contributed by atoms with van der Waals surface area (Å²) < 4.78 is 50.9. The first-order chi connectivity index (χ1) is 20.0. The smallest absolute Gasteiger partial charge is 0.416 e. The number of halogens is 3. The second-order valence-corrected chi connectivity index (χ2v) is 11.6. The largest absolute Gasteiger partial charge is 0.485 e. The topological polar surface area (TPSA) is 71.8 Å². The molecule has 5 rings (SSSR count). The average molecular weight is 597 g/mol. The monoisotopic (exact) mass is 596 g/mol. The normalized spacial score (nSPS) is 15.6. The summed E-state index contributed by atoms with van der Waals surface area (Å²) in [5.74, 6) is -1.25. The van der Waals surface area contributed by atoms with Crippen LogP contribution in [0.5, 0.6) is 5.75 Å². The molecule has 0 radical (unpaired) electrons. The number of hydrogen-bond acceptors (Lipinski definition) is 5. The maximum atomic E-state index is 14.2. The number of pyridine rings is 1. The van der Waals surface area contributed by atoms with Crippen LogP contribution in [0.25, 0.3) is 21.9 Å².